The summed E-state index contributed by atoms with van der Waals surface area (Å²) in [5.74, 6) is 0. The Kier molecular flexibility index (Phi) is 9.24. The molecule has 14 heavy (non-hydrogen) atoms. The number of hydrogen-bond acceptors (Lipinski definition) is 0. The summed E-state index contributed by atoms with van der Waals surface area (Å²) < 4.78 is 0. The average molecular weight is 305 g/mol. The maximum absolute atomic E-state index is 3.36. The summed E-state index contributed by atoms with van der Waals surface area (Å²) in [4.78, 5) is 0. The minimum Gasteiger partial charge on any atom is -1.00 e. The number of hydrogen-bond donors (Lipinski definition) is 0. The first kappa shape index (κ1) is 16.8. The van der Waals surface area contributed by atoms with Crippen LogP contribution in [-0.4, -0.2) is 0 Å². The summed E-state index contributed by atoms with van der Waals surface area (Å²) in [6.07, 6.45) is 14.2. The van der Waals surface area contributed by atoms with Gasteiger partial charge in [0.05, 0.1) is 0 Å². The number of halogens is 2. The molecule has 2 rings (SSSR count). The van der Waals surface area contributed by atoms with Crippen molar-refractivity contribution in [1.29, 1.82) is 0 Å². The molecule has 73 valence electrons. The Hall–Kier alpha value is 0.423. The van der Waals surface area contributed by atoms with Gasteiger partial charge in [-0.15, -0.1) is 17.7 Å². The Morgan fingerprint density at radius 1 is 1.29 bits per heavy atom. The van der Waals surface area contributed by atoms with Crippen molar-refractivity contribution in [3.63, 3.8) is 0 Å². The van der Waals surface area contributed by atoms with Gasteiger partial charge in [0.25, 0.3) is 0 Å². The van der Waals surface area contributed by atoms with E-state index in [1.54, 1.807) is 0 Å². The van der Waals surface area contributed by atoms with Crippen molar-refractivity contribution < 1.29 is 51.0 Å². The van der Waals surface area contributed by atoms with E-state index in [4.69, 9.17) is 0 Å². The molecule has 0 N–H and O–H groups in total. The van der Waals surface area contributed by atoms with Crippen LogP contribution in [0.3, 0.4) is 0 Å². The minimum absolute atomic E-state index is 0. The predicted octanol–water partition coefficient (Wildman–Crippen LogP) is -3.04. The van der Waals surface area contributed by atoms with Crippen molar-refractivity contribution in [3.05, 3.63) is 47.1 Å². The van der Waals surface area contributed by atoms with Gasteiger partial charge in [0.15, 0.2) is 0 Å². The molecule has 0 fully saturated rings. The zero-order chi connectivity index (χ0) is 7.68. The second kappa shape index (κ2) is 7.68. The molecule has 0 atom stereocenters. The van der Waals surface area contributed by atoms with Crippen molar-refractivity contribution >= 4 is 0 Å². The summed E-state index contributed by atoms with van der Waals surface area (Å²) in [6.45, 7) is 2.16. The fourth-order valence-corrected chi connectivity index (χ4v) is 1.55. The van der Waals surface area contributed by atoms with E-state index in [0.717, 1.165) is 12.8 Å². The third-order valence-electron chi connectivity index (χ3n) is 2.17. The molecule has 3 heteroatoms. The van der Waals surface area contributed by atoms with Crippen molar-refractivity contribution in [2.24, 2.45) is 0 Å². The summed E-state index contributed by atoms with van der Waals surface area (Å²) in [6, 6.07) is 0. The second-order valence-electron chi connectivity index (χ2n) is 2.97. The van der Waals surface area contributed by atoms with Crippen LogP contribution >= 0.6 is 0 Å². The van der Waals surface area contributed by atoms with Crippen LogP contribution in [0.1, 0.15) is 19.8 Å². The molecule has 0 aromatic carbocycles. The van der Waals surface area contributed by atoms with Gasteiger partial charge in [0.2, 0.25) is 0 Å². The summed E-state index contributed by atoms with van der Waals surface area (Å²) >= 11 is 0. The second-order valence-corrected chi connectivity index (χ2v) is 2.97. The minimum atomic E-state index is 0. The zero-order valence-electron chi connectivity index (χ0n) is 7.98. The topological polar surface area (TPSA) is 0 Å². The van der Waals surface area contributed by atoms with E-state index in [1.165, 1.54) is 16.7 Å². The number of rotatable bonds is 1. The summed E-state index contributed by atoms with van der Waals surface area (Å²) in [7, 11) is 0. The molecule has 0 bridgehead atoms. The first-order valence-corrected chi connectivity index (χ1v) is 4.02. The van der Waals surface area contributed by atoms with Gasteiger partial charge in [-0.3, -0.25) is 0 Å². The Morgan fingerprint density at radius 2 is 2.00 bits per heavy atom. The Balaban J connectivity index is 0. The third kappa shape index (κ3) is 3.53. The van der Waals surface area contributed by atoms with Gasteiger partial charge in [-0.05, 0) is 0 Å². The Bertz CT molecular complexity index is 298. The molecule has 0 aliphatic heterocycles. The Morgan fingerprint density at radius 3 is 2.43 bits per heavy atom. The largest absolute Gasteiger partial charge is 3.00 e. The van der Waals surface area contributed by atoms with Gasteiger partial charge >= 0.3 is 26.2 Å². The van der Waals surface area contributed by atoms with Crippen molar-refractivity contribution in [3.8, 4) is 0 Å². The molecule has 1 radical (unpaired) electrons. The van der Waals surface area contributed by atoms with Crippen LogP contribution in [0.4, 0.5) is 0 Å². The first-order valence-electron chi connectivity index (χ1n) is 4.02. The quantitative estimate of drug-likeness (QED) is 0.452. The molecule has 2 aliphatic carbocycles. The Labute approximate surface area is 117 Å². The predicted molar refractivity (Wildman–Crippen MR) is 47.0 cm³/mol. The van der Waals surface area contributed by atoms with Crippen LogP contribution in [0.5, 0.6) is 0 Å². The van der Waals surface area contributed by atoms with E-state index in [0.29, 0.717) is 0 Å². The van der Waals surface area contributed by atoms with Crippen LogP contribution in [0.25, 0.3) is 0 Å². The van der Waals surface area contributed by atoms with E-state index in [1.807, 2.05) is 0 Å². The van der Waals surface area contributed by atoms with Crippen LogP contribution in [0.15, 0.2) is 41.0 Å². The molecule has 0 aromatic heterocycles. The van der Waals surface area contributed by atoms with E-state index in [2.05, 4.69) is 37.3 Å². The van der Waals surface area contributed by atoms with E-state index in [-0.39, 0.29) is 51.0 Å². The molecular weight excluding hydrogens is 294 g/mol. The third-order valence-corrected chi connectivity index (χ3v) is 2.17. The normalized spacial score (nSPS) is 17.1. The molecule has 0 saturated heterocycles. The molecule has 0 saturated carbocycles. The molecular formula is C11H11Cl2Zr. The molecule has 0 spiro atoms. The fourth-order valence-electron chi connectivity index (χ4n) is 1.55. The fraction of sp³-hybridized carbons (Fsp3) is 0.273. The SMILES string of the molecule is CC1=CC[C-]=C1C1=CC=CC1.[Cl-].[Cl-].[Zr+3]. The van der Waals surface area contributed by atoms with Gasteiger partial charge in [-0.25, -0.2) is 0 Å². The van der Waals surface area contributed by atoms with E-state index < -0.39 is 0 Å². The molecule has 0 unspecified atom stereocenters. The average Bonchev–Trinajstić information content (AvgIpc) is 2.55. The smallest absolute Gasteiger partial charge is 1.00 e. The molecule has 2 aliphatic rings. The summed E-state index contributed by atoms with van der Waals surface area (Å²) in [5, 5.41) is 0. The van der Waals surface area contributed by atoms with Crippen molar-refractivity contribution in [2.75, 3.05) is 0 Å². The van der Waals surface area contributed by atoms with Crippen molar-refractivity contribution in [1.82, 2.24) is 0 Å². The molecule has 0 aromatic rings. The standard InChI is InChI=1S/C11H11.2ClH.Zr/c1-9-5-4-8-11(9)10-6-2-3-7-10;;;/h2-3,5-6H,4,7H2,1H3;2*1H;/q-1;;;+3/p-2. The van der Waals surface area contributed by atoms with Crippen LogP contribution < -0.4 is 24.8 Å². The van der Waals surface area contributed by atoms with Crippen LogP contribution in [0.2, 0.25) is 0 Å². The first-order chi connectivity index (χ1) is 5.38. The molecule has 0 heterocycles. The van der Waals surface area contributed by atoms with Gasteiger partial charge in [0.1, 0.15) is 0 Å². The molecule has 0 amide bonds. The van der Waals surface area contributed by atoms with Crippen LogP contribution in [-0.2, 0) is 26.2 Å². The van der Waals surface area contributed by atoms with E-state index >= 15 is 0 Å². The van der Waals surface area contributed by atoms with Gasteiger partial charge in [0, 0.05) is 0 Å². The van der Waals surface area contributed by atoms with Crippen LogP contribution in [0, 0.1) is 6.08 Å². The maximum atomic E-state index is 3.36. The number of allylic oxidation sites excluding steroid dienone is 8. The molecule has 0 nitrogen and oxygen atoms in total. The zero-order valence-corrected chi connectivity index (χ0v) is 11.9. The summed E-state index contributed by atoms with van der Waals surface area (Å²) in [5.41, 5.74) is 4.16. The van der Waals surface area contributed by atoms with E-state index in [9.17, 15) is 0 Å². The van der Waals surface area contributed by atoms with Gasteiger partial charge in [-0.2, -0.15) is 17.2 Å². The van der Waals surface area contributed by atoms with Gasteiger partial charge in [-0.1, -0.05) is 31.9 Å². The van der Waals surface area contributed by atoms with Gasteiger partial charge < -0.3 is 24.8 Å². The monoisotopic (exact) mass is 303 g/mol. The van der Waals surface area contributed by atoms with Crippen molar-refractivity contribution in [2.45, 2.75) is 19.8 Å². The maximum Gasteiger partial charge on any atom is 3.00 e.